The van der Waals surface area contributed by atoms with Crippen LogP contribution in [-0.4, -0.2) is 19.7 Å². The lowest BCUT2D eigenvalue weighted by atomic mass is 9.68. The van der Waals surface area contributed by atoms with Crippen molar-refractivity contribution in [3.8, 4) is 5.75 Å². The highest BCUT2D eigenvalue weighted by atomic mass is 16.5. The molecule has 0 fully saturated rings. The van der Waals surface area contributed by atoms with Gasteiger partial charge in [-0.2, -0.15) is 0 Å². The van der Waals surface area contributed by atoms with Crippen molar-refractivity contribution in [1.82, 2.24) is 0 Å². The van der Waals surface area contributed by atoms with Crippen molar-refractivity contribution >= 4 is 5.97 Å². The van der Waals surface area contributed by atoms with E-state index in [2.05, 4.69) is 26.8 Å². The summed E-state index contributed by atoms with van der Waals surface area (Å²) in [5.41, 5.74) is 1.01. The number of rotatable bonds is 6. The molecule has 0 N–H and O–H groups in total. The number of para-hydroxylation sites is 1. The van der Waals surface area contributed by atoms with Gasteiger partial charge in [-0.1, -0.05) is 45.9 Å². The third-order valence-corrected chi connectivity index (χ3v) is 3.84. The van der Waals surface area contributed by atoms with Crippen LogP contribution >= 0.6 is 0 Å². The van der Waals surface area contributed by atoms with E-state index in [0.717, 1.165) is 17.7 Å². The second kappa shape index (κ2) is 7.48. The van der Waals surface area contributed by atoms with Crippen LogP contribution in [0.3, 0.4) is 0 Å². The molecule has 2 atom stereocenters. The summed E-state index contributed by atoms with van der Waals surface area (Å²) in [7, 11) is 1.67. The predicted molar refractivity (Wildman–Crippen MR) is 85.6 cm³/mol. The molecular formula is C18H28O3. The molecule has 118 valence electrons. The van der Waals surface area contributed by atoms with Crippen LogP contribution < -0.4 is 4.74 Å². The Hall–Kier alpha value is -1.51. The molecule has 1 rings (SSSR count). The quantitative estimate of drug-likeness (QED) is 0.728. The fourth-order valence-corrected chi connectivity index (χ4v) is 3.00. The minimum absolute atomic E-state index is 0.0534. The lowest BCUT2D eigenvalue weighted by Gasteiger charge is -2.36. The number of esters is 1. The zero-order valence-electron chi connectivity index (χ0n) is 14.1. The molecular weight excluding hydrogens is 264 g/mol. The standard InChI is InChI=1S/C18H28O3/c1-7-13(17(19)21-8-2)16(18(3,4)5)14-11-9-10-12-15(14)20-6/h9-13,16H,7-8H2,1-6H3. The first kappa shape index (κ1) is 17.5. The van der Waals surface area contributed by atoms with Crippen LogP contribution in [0.4, 0.5) is 0 Å². The van der Waals surface area contributed by atoms with E-state index in [1.165, 1.54) is 0 Å². The molecule has 21 heavy (non-hydrogen) atoms. The van der Waals surface area contributed by atoms with Gasteiger partial charge in [-0.25, -0.2) is 0 Å². The van der Waals surface area contributed by atoms with Gasteiger partial charge in [0.05, 0.1) is 19.6 Å². The lowest BCUT2D eigenvalue weighted by Crippen LogP contribution is -2.32. The monoisotopic (exact) mass is 292 g/mol. The largest absolute Gasteiger partial charge is 0.496 e. The molecule has 3 heteroatoms. The summed E-state index contributed by atoms with van der Waals surface area (Å²) >= 11 is 0. The van der Waals surface area contributed by atoms with Gasteiger partial charge in [0.1, 0.15) is 5.75 Å². The molecule has 0 amide bonds. The van der Waals surface area contributed by atoms with Crippen LogP contribution in [0.2, 0.25) is 0 Å². The molecule has 0 aliphatic carbocycles. The minimum atomic E-state index is -0.166. The highest BCUT2D eigenvalue weighted by Gasteiger charge is 2.38. The van der Waals surface area contributed by atoms with E-state index >= 15 is 0 Å². The van der Waals surface area contributed by atoms with E-state index in [1.54, 1.807) is 7.11 Å². The summed E-state index contributed by atoms with van der Waals surface area (Å²) in [5.74, 6) is 0.602. The number of benzene rings is 1. The zero-order chi connectivity index (χ0) is 16.0. The number of methoxy groups -OCH3 is 1. The normalized spacial score (nSPS) is 14.4. The van der Waals surface area contributed by atoms with E-state index in [-0.39, 0.29) is 23.2 Å². The van der Waals surface area contributed by atoms with Crippen molar-refractivity contribution in [1.29, 1.82) is 0 Å². The molecule has 0 spiro atoms. The molecule has 0 radical (unpaired) electrons. The van der Waals surface area contributed by atoms with Gasteiger partial charge in [-0.05, 0) is 30.4 Å². The third-order valence-electron chi connectivity index (χ3n) is 3.84. The summed E-state index contributed by atoms with van der Waals surface area (Å²) in [6.07, 6.45) is 0.749. The fraction of sp³-hybridized carbons (Fsp3) is 0.611. The molecule has 0 saturated carbocycles. The summed E-state index contributed by atoms with van der Waals surface area (Å²) in [6, 6.07) is 7.95. The van der Waals surface area contributed by atoms with Gasteiger partial charge in [0, 0.05) is 5.92 Å². The molecule has 0 bridgehead atoms. The predicted octanol–water partition coefficient (Wildman–Crippen LogP) is 4.41. The van der Waals surface area contributed by atoms with Crippen molar-refractivity contribution in [3.05, 3.63) is 29.8 Å². The molecule has 1 aromatic carbocycles. The molecule has 3 nitrogen and oxygen atoms in total. The second-order valence-electron chi connectivity index (χ2n) is 6.35. The molecule has 1 aromatic rings. The molecule has 0 heterocycles. The minimum Gasteiger partial charge on any atom is -0.496 e. The Labute approximate surface area is 128 Å². The third kappa shape index (κ3) is 4.23. The van der Waals surface area contributed by atoms with E-state index in [4.69, 9.17) is 9.47 Å². The van der Waals surface area contributed by atoms with Gasteiger partial charge in [0.2, 0.25) is 0 Å². The van der Waals surface area contributed by atoms with Gasteiger partial charge in [-0.15, -0.1) is 0 Å². The van der Waals surface area contributed by atoms with Crippen LogP contribution in [0, 0.1) is 11.3 Å². The number of hydrogen-bond donors (Lipinski definition) is 0. The lowest BCUT2D eigenvalue weighted by molar-refractivity contribution is -0.150. The summed E-state index contributed by atoms with van der Waals surface area (Å²) < 4.78 is 10.8. The first-order valence-corrected chi connectivity index (χ1v) is 7.66. The Morgan fingerprint density at radius 2 is 1.81 bits per heavy atom. The molecule has 0 aromatic heterocycles. The SMILES string of the molecule is CCOC(=O)C(CC)C(c1ccccc1OC)C(C)(C)C. The maximum absolute atomic E-state index is 12.4. The number of carbonyl (C=O) groups excluding carboxylic acids is 1. The van der Waals surface area contributed by atoms with E-state index < -0.39 is 0 Å². The van der Waals surface area contributed by atoms with Crippen LogP contribution in [0.25, 0.3) is 0 Å². The number of ether oxygens (including phenoxy) is 2. The van der Waals surface area contributed by atoms with E-state index in [1.807, 2.05) is 32.0 Å². The molecule has 0 saturated heterocycles. The zero-order valence-corrected chi connectivity index (χ0v) is 14.1. The van der Waals surface area contributed by atoms with Crippen molar-refractivity contribution in [2.45, 2.75) is 47.0 Å². The fourth-order valence-electron chi connectivity index (χ4n) is 3.00. The summed E-state index contributed by atoms with van der Waals surface area (Å²) in [5, 5.41) is 0. The van der Waals surface area contributed by atoms with Crippen LogP contribution in [-0.2, 0) is 9.53 Å². The Bertz CT molecular complexity index is 460. The average Bonchev–Trinajstić information content (AvgIpc) is 2.43. The van der Waals surface area contributed by atoms with Gasteiger partial charge >= 0.3 is 5.97 Å². The first-order chi connectivity index (χ1) is 9.86. The smallest absolute Gasteiger partial charge is 0.309 e. The summed E-state index contributed by atoms with van der Waals surface area (Å²) in [4.78, 5) is 12.4. The summed E-state index contributed by atoms with van der Waals surface area (Å²) in [6.45, 7) is 10.8. The van der Waals surface area contributed by atoms with Crippen molar-refractivity contribution in [2.75, 3.05) is 13.7 Å². The van der Waals surface area contributed by atoms with E-state index in [9.17, 15) is 4.79 Å². The molecule has 0 aliphatic heterocycles. The Kier molecular flexibility index (Phi) is 6.25. The van der Waals surface area contributed by atoms with E-state index in [0.29, 0.717) is 6.61 Å². The van der Waals surface area contributed by atoms with Crippen LogP contribution in [0.1, 0.15) is 52.5 Å². The Balaban J connectivity index is 3.31. The number of hydrogen-bond acceptors (Lipinski definition) is 3. The van der Waals surface area contributed by atoms with Crippen molar-refractivity contribution < 1.29 is 14.3 Å². The Morgan fingerprint density at radius 3 is 2.29 bits per heavy atom. The van der Waals surface area contributed by atoms with Crippen LogP contribution in [0.15, 0.2) is 24.3 Å². The van der Waals surface area contributed by atoms with Gasteiger partial charge in [-0.3, -0.25) is 4.79 Å². The molecule has 0 aliphatic rings. The Morgan fingerprint density at radius 1 is 1.19 bits per heavy atom. The molecule has 2 unspecified atom stereocenters. The second-order valence-corrected chi connectivity index (χ2v) is 6.35. The topological polar surface area (TPSA) is 35.5 Å². The van der Waals surface area contributed by atoms with Crippen molar-refractivity contribution in [3.63, 3.8) is 0 Å². The van der Waals surface area contributed by atoms with Crippen molar-refractivity contribution in [2.24, 2.45) is 11.3 Å². The van der Waals surface area contributed by atoms with Crippen LogP contribution in [0.5, 0.6) is 5.75 Å². The highest BCUT2D eigenvalue weighted by molar-refractivity contribution is 5.74. The maximum Gasteiger partial charge on any atom is 0.309 e. The first-order valence-electron chi connectivity index (χ1n) is 7.66. The maximum atomic E-state index is 12.4. The highest BCUT2D eigenvalue weighted by Crippen LogP contribution is 2.45. The van der Waals surface area contributed by atoms with Gasteiger partial charge in [0.15, 0.2) is 0 Å². The van der Waals surface area contributed by atoms with Gasteiger partial charge < -0.3 is 9.47 Å². The van der Waals surface area contributed by atoms with Gasteiger partial charge in [0.25, 0.3) is 0 Å². The number of carbonyl (C=O) groups is 1. The average molecular weight is 292 g/mol.